The van der Waals surface area contributed by atoms with Crippen molar-refractivity contribution in [1.82, 2.24) is 4.90 Å². The lowest BCUT2D eigenvalue weighted by atomic mass is 10.2. The van der Waals surface area contributed by atoms with Gasteiger partial charge in [-0.2, -0.15) is 0 Å². The molecule has 1 unspecified atom stereocenters. The smallest absolute Gasteiger partial charge is 0.241 e. The number of hydrogen-bond donors (Lipinski definition) is 1. The first kappa shape index (κ1) is 15.2. The summed E-state index contributed by atoms with van der Waals surface area (Å²) >= 11 is 0. The largest absolute Gasteiger partial charge is 0.468 e. The van der Waals surface area contributed by atoms with Crippen molar-refractivity contribution in [3.05, 3.63) is 54.0 Å². The van der Waals surface area contributed by atoms with Crippen LogP contribution in [0.3, 0.4) is 0 Å². The maximum absolute atomic E-state index is 13.5. The fourth-order valence-electron chi connectivity index (χ4n) is 1.81. The molecule has 2 rings (SSSR count). The molecule has 112 valence electrons. The van der Waals surface area contributed by atoms with Crippen molar-refractivity contribution in [3.8, 4) is 0 Å². The molecule has 0 spiro atoms. The van der Waals surface area contributed by atoms with Crippen molar-refractivity contribution < 1.29 is 18.0 Å². The van der Waals surface area contributed by atoms with Crippen molar-refractivity contribution in [2.45, 2.75) is 19.5 Å². The van der Waals surface area contributed by atoms with E-state index in [-0.39, 0.29) is 11.6 Å². The molecule has 0 saturated heterocycles. The Labute approximate surface area is 121 Å². The number of hydrogen-bond acceptors (Lipinski definition) is 3. The van der Waals surface area contributed by atoms with Crippen molar-refractivity contribution in [2.75, 3.05) is 12.4 Å². The second-order valence-electron chi connectivity index (χ2n) is 4.78. The van der Waals surface area contributed by atoms with Crippen LogP contribution in [0, 0.1) is 11.6 Å². The highest BCUT2D eigenvalue weighted by Gasteiger charge is 2.20. The number of nitrogens with one attached hydrogen (secondary N) is 1. The standard InChI is InChI=1S/C15H16F2N2O2/c1-10(19(2)9-12-4-3-7-21-12)15(20)18-14-6-5-11(16)8-13(14)17/h3-8,10H,9H2,1-2H3,(H,18,20). The number of amides is 1. The third kappa shape index (κ3) is 3.88. The Morgan fingerprint density at radius 1 is 1.38 bits per heavy atom. The minimum atomic E-state index is -0.802. The Balaban J connectivity index is 1.98. The van der Waals surface area contributed by atoms with E-state index in [1.165, 1.54) is 6.07 Å². The average Bonchev–Trinajstić information content (AvgIpc) is 2.93. The monoisotopic (exact) mass is 294 g/mol. The van der Waals surface area contributed by atoms with Gasteiger partial charge in [-0.1, -0.05) is 0 Å². The zero-order valence-electron chi connectivity index (χ0n) is 11.8. The zero-order valence-corrected chi connectivity index (χ0v) is 11.8. The SMILES string of the molecule is CC(C(=O)Nc1ccc(F)cc1F)N(C)Cc1ccco1. The fraction of sp³-hybridized carbons (Fsp3) is 0.267. The molecule has 4 nitrogen and oxygen atoms in total. The van der Waals surface area contributed by atoms with E-state index in [0.29, 0.717) is 6.54 Å². The Morgan fingerprint density at radius 2 is 2.14 bits per heavy atom. The highest BCUT2D eigenvalue weighted by atomic mass is 19.1. The molecule has 1 heterocycles. The van der Waals surface area contributed by atoms with Gasteiger partial charge < -0.3 is 9.73 Å². The summed E-state index contributed by atoms with van der Waals surface area (Å²) in [4.78, 5) is 13.8. The molecule has 0 fully saturated rings. The molecule has 1 aromatic heterocycles. The van der Waals surface area contributed by atoms with Crippen LogP contribution < -0.4 is 5.32 Å². The minimum absolute atomic E-state index is 0.0420. The van der Waals surface area contributed by atoms with Gasteiger partial charge >= 0.3 is 0 Å². The zero-order chi connectivity index (χ0) is 15.4. The van der Waals surface area contributed by atoms with E-state index in [1.54, 1.807) is 37.3 Å². The van der Waals surface area contributed by atoms with Gasteiger partial charge in [0.1, 0.15) is 17.4 Å². The van der Waals surface area contributed by atoms with Crippen LogP contribution in [0.15, 0.2) is 41.0 Å². The van der Waals surface area contributed by atoms with Gasteiger partial charge in [0, 0.05) is 6.07 Å². The third-order valence-corrected chi connectivity index (χ3v) is 3.21. The molecule has 21 heavy (non-hydrogen) atoms. The van der Waals surface area contributed by atoms with Gasteiger partial charge in [0.2, 0.25) is 5.91 Å². The predicted molar refractivity (Wildman–Crippen MR) is 74.6 cm³/mol. The van der Waals surface area contributed by atoms with Gasteiger partial charge in [0.25, 0.3) is 0 Å². The molecular formula is C15H16F2N2O2. The van der Waals surface area contributed by atoms with Crippen LogP contribution >= 0.6 is 0 Å². The minimum Gasteiger partial charge on any atom is -0.468 e. The Bertz CT molecular complexity index is 614. The highest BCUT2D eigenvalue weighted by Crippen LogP contribution is 2.16. The lowest BCUT2D eigenvalue weighted by Crippen LogP contribution is -2.39. The van der Waals surface area contributed by atoms with Crippen LogP contribution in [-0.2, 0) is 11.3 Å². The number of furan rings is 1. The second-order valence-corrected chi connectivity index (χ2v) is 4.78. The van der Waals surface area contributed by atoms with Crippen LogP contribution in [0.2, 0.25) is 0 Å². The second kappa shape index (κ2) is 6.49. The van der Waals surface area contributed by atoms with E-state index in [1.807, 2.05) is 0 Å². The Kier molecular flexibility index (Phi) is 4.70. The number of carbonyl (C=O) groups excluding carboxylic acids is 1. The van der Waals surface area contributed by atoms with Gasteiger partial charge in [-0.25, -0.2) is 8.78 Å². The van der Waals surface area contributed by atoms with Crippen molar-refractivity contribution in [2.24, 2.45) is 0 Å². The summed E-state index contributed by atoms with van der Waals surface area (Å²) in [6, 6.07) is 6.09. The summed E-state index contributed by atoms with van der Waals surface area (Å²) in [7, 11) is 1.76. The number of nitrogens with zero attached hydrogens (tertiary/aromatic N) is 1. The Morgan fingerprint density at radius 3 is 2.76 bits per heavy atom. The molecule has 1 aromatic carbocycles. The maximum Gasteiger partial charge on any atom is 0.241 e. The number of benzene rings is 1. The number of carbonyl (C=O) groups is 1. The summed E-state index contributed by atoms with van der Waals surface area (Å²) in [6.07, 6.45) is 1.56. The van der Waals surface area contributed by atoms with Crippen LogP contribution in [0.25, 0.3) is 0 Å². The first-order valence-electron chi connectivity index (χ1n) is 6.46. The quantitative estimate of drug-likeness (QED) is 0.922. The van der Waals surface area contributed by atoms with E-state index >= 15 is 0 Å². The molecule has 1 atom stereocenters. The normalized spacial score (nSPS) is 12.4. The van der Waals surface area contributed by atoms with E-state index in [9.17, 15) is 13.6 Å². The van der Waals surface area contributed by atoms with Crippen molar-refractivity contribution in [3.63, 3.8) is 0 Å². The van der Waals surface area contributed by atoms with Crippen LogP contribution in [0.5, 0.6) is 0 Å². The molecule has 0 radical (unpaired) electrons. The van der Waals surface area contributed by atoms with Gasteiger partial charge in [-0.05, 0) is 38.2 Å². The van der Waals surface area contributed by atoms with Crippen molar-refractivity contribution in [1.29, 1.82) is 0 Å². The van der Waals surface area contributed by atoms with Crippen LogP contribution in [0.1, 0.15) is 12.7 Å². The number of rotatable bonds is 5. The molecular weight excluding hydrogens is 278 g/mol. The van der Waals surface area contributed by atoms with Crippen LogP contribution in [0.4, 0.5) is 14.5 Å². The summed E-state index contributed by atoms with van der Waals surface area (Å²) in [5.74, 6) is -1.14. The summed E-state index contributed by atoms with van der Waals surface area (Å²) in [5, 5.41) is 2.44. The fourth-order valence-corrected chi connectivity index (χ4v) is 1.81. The van der Waals surface area contributed by atoms with Gasteiger partial charge in [0.05, 0.1) is 24.5 Å². The van der Waals surface area contributed by atoms with Gasteiger partial charge in [-0.3, -0.25) is 9.69 Å². The molecule has 6 heteroatoms. The molecule has 0 bridgehead atoms. The Hall–Kier alpha value is -2.21. The topological polar surface area (TPSA) is 45.5 Å². The van der Waals surface area contributed by atoms with Gasteiger partial charge in [-0.15, -0.1) is 0 Å². The molecule has 2 aromatic rings. The lowest BCUT2D eigenvalue weighted by Gasteiger charge is -2.22. The number of anilines is 1. The average molecular weight is 294 g/mol. The molecule has 0 aliphatic heterocycles. The first-order chi connectivity index (χ1) is 9.97. The maximum atomic E-state index is 13.5. The van der Waals surface area contributed by atoms with Crippen LogP contribution in [-0.4, -0.2) is 23.9 Å². The van der Waals surface area contributed by atoms with E-state index in [0.717, 1.165) is 17.9 Å². The number of likely N-dealkylation sites (N-methyl/N-ethyl adjacent to an activating group) is 1. The molecule has 0 aliphatic rings. The summed E-state index contributed by atoms with van der Waals surface area (Å²) < 4.78 is 31.5. The van der Waals surface area contributed by atoms with Crippen molar-refractivity contribution >= 4 is 11.6 Å². The first-order valence-corrected chi connectivity index (χ1v) is 6.46. The van der Waals surface area contributed by atoms with E-state index < -0.39 is 17.7 Å². The molecule has 0 saturated carbocycles. The third-order valence-electron chi connectivity index (χ3n) is 3.21. The molecule has 1 amide bonds. The van der Waals surface area contributed by atoms with E-state index in [2.05, 4.69) is 5.32 Å². The summed E-state index contributed by atoms with van der Waals surface area (Å²) in [5.41, 5.74) is -0.0420. The lowest BCUT2D eigenvalue weighted by molar-refractivity contribution is -0.120. The molecule has 0 aliphatic carbocycles. The number of halogens is 2. The van der Waals surface area contributed by atoms with E-state index in [4.69, 9.17) is 4.42 Å². The van der Waals surface area contributed by atoms with Gasteiger partial charge in [0.15, 0.2) is 0 Å². The molecule has 1 N–H and O–H groups in total. The predicted octanol–water partition coefficient (Wildman–Crippen LogP) is 3.02. The highest BCUT2D eigenvalue weighted by molar-refractivity contribution is 5.94. The summed E-state index contributed by atoms with van der Waals surface area (Å²) in [6.45, 7) is 2.15.